The average Bonchev–Trinajstić information content (AvgIpc) is 1.64. The summed E-state index contributed by atoms with van der Waals surface area (Å²) in [6.07, 6.45) is -6.83. The molecular weight excluding hydrogens is 1780 g/mol. The molecular formula is C92H117F3N18O21S. The zero-order chi connectivity index (χ0) is 98.8. The fourth-order valence-corrected chi connectivity index (χ4v) is 17.2. The Bertz CT molecular complexity index is 5260. The number of fused-ring (bicyclic) bond motifs is 3. The van der Waals surface area contributed by atoms with Crippen molar-refractivity contribution in [3.8, 4) is 5.75 Å². The summed E-state index contributed by atoms with van der Waals surface area (Å²) in [5.74, 6) is -26.5. The van der Waals surface area contributed by atoms with Crippen molar-refractivity contribution in [3.05, 3.63) is 173 Å². The highest BCUT2D eigenvalue weighted by atomic mass is 32.2. The van der Waals surface area contributed by atoms with E-state index in [0.717, 1.165) is 31.5 Å². The molecule has 0 unspecified atom stereocenters. The minimum atomic E-state index is -2.07. The highest BCUT2D eigenvalue weighted by molar-refractivity contribution is 8.00. The number of hydrogen-bond acceptors (Lipinski definition) is 22. The maximum atomic E-state index is 15.7. The van der Waals surface area contributed by atoms with Gasteiger partial charge in [0.05, 0.1) is 30.9 Å². The van der Waals surface area contributed by atoms with Crippen LogP contribution in [0.4, 0.5) is 13.2 Å². The first-order chi connectivity index (χ1) is 64.1. The molecule has 0 radical (unpaired) electrons. The number of hydrogen-bond donors (Lipinski definition) is 17. The molecule has 0 spiro atoms. The number of aromatic amines is 1. The smallest absolute Gasteiger partial charge is 0.305 e. The number of likely N-dealkylation sites (N-methyl/N-ethyl adjacent to an activating group) is 3. The lowest BCUT2D eigenvalue weighted by Gasteiger charge is -2.38. The standard InChI is InChI=1S/C92H117F3N18O21S/c1-7-8-25-69-91(133)113-46-57(116)41-72(113)87(129)106-66(42-77(120)121)84(126)108-79(49(2)3)92(134)110(5)70(37-50-18-11-9-12-19-50)85(127)103-63(30-31-74(97)117)89(131)112-45-56(115)40-71(112)86(128)105-65(39-54-43-99-61-23-16-15-22-58(54)61)83(125)104-64(35-52-26-28-55(114)29-27-52)82(124)102-62(24-17-32-96)81(123)107-68(80(122)100-44-75(98)118)47-135-48-76(119)101-67(36-53-33-59(93)78(95)60(94)34-53)88(130)111(6)73(90(132)109(69)4)38-51-20-13-10-14-21-51/h9-16,18-23,26-29,33-34,43,49,56-57,62-73,79,99,114-116H,7-8,17,24-25,30-32,35-42,44-48,96H2,1-6H3,(H2,97,117)(H2,98,118)(H,100,122)(H,101,119)(H,102,124)(H,103,127)(H,104,125)(H,105,128)(H,106,129)(H,107,123)(H,108,126)(H,120,121)/t56-,57-,62+,63+,64+,65+,66+,67+,68+,69+,70+,71+,72-,73+,79+/m1/s1. The van der Waals surface area contributed by atoms with E-state index in [2.05, 4.69) is 52.8 Å². The van der Waals surface area contributed by atoms with Crippen molar-refractivity contribution in [3.63, 3.8) is 0 Å². The molecule has 16 amide bonds. The predicted molar refractivity (Wildman–Crippen MR) is 484 cm³/mol. The van der Waals surface area contributed by atoms with Gasteiger partial charge in [0.15, 0.2) is 17.5 Å². The number of nitrogens with one attached hydrogen (secondary N) is 10. The molecule has 9 rings (SSSR count). The van der Waals surface area contributed by atoms with Crippen LogP contribution >= 0.6 is 11.8 Å². The number of aliphatic carboxylic acids is 1. The lowest BCUT2D eigenvalue weighted by Crippen LogP contribution is -2.62. The second kappa shape index (κ2) is 49.4. The van der Waals surface area contributed by atoms with Crippen LogP contribution in [0.25, 0.3) is 10.9 Å². The number of aromatic hydroxyl groups is 1. The molecule has 4 heterocycles. The molecule has 43 heteroatoms. The van der Waals surface area contributed by atoms with E-state index in [-0.39, 0.29) is 57.2 Å². The van der Waals surface area contributed by atoms with Crippen molar-refractivity contribution in [1.82, 2.24) is 77.3 Å². The van der Waals surface area contributed by atoms with E-state index >= 15 is 51.9 Å². The number of carbonyl (C=O) groups is 17. The Kier molecular flexibility index (Phi) is 38.5. The second-order valence-corrected chi connectivity index (χ2v) is 35.2. The molecule has 135 heavy (non-hydrogen) atoms. The maximum Gasteiger partial charge on any atom is 0.305 e. The first kappa shape index (κ1) is 105. The summed E-state index contributed by atoms with van der Waals surface area (Å²) in [6.45, 7) is 2.66. The second-order valence-electron chi connectivity index (χ2n) is 34.2. The van der Waals surface area contributed by atoms with Crippen molar-refractivity contribution in [1.29, 1.82) is 0 Å². The molecule has 3 fully saturated rings. The van der Waals surface area contributed by atoms with Crippen LogP contribution in [0.3, 0.4) is 0 Å². The van der Waals surface area contributed by atoms with Gasteiger partial charge in [0.2, 0.25) is 94.5 Å². The lowest BCUT2D eigenvalue weighted by molar-refractivity contribution is -0.152. The third-order valence-corrected chi connectivity index (χ3v) is 24.8. The number of para-hydroxylation sites is 1. The van der Waals surface area contributed by atoms with Gasteiger partial charge in [-0.15, -0.1) is 11.8 Å². The number of nitrogens with zero attached hydrogens (tertiary/aromatic N) is 5. The van der Waals surface area contributed by atoms with Crippen LogP contribution in [0.15, 0.2) is 128 Å². The van der Waals surface area contributed by atoms with Gasteiger partial charge in [-0.25, -0.2) is 13.2 Å². The largest absolute Gasteiger partial charge is 0.508 e. The molecule has 0 saturated carbocycles. The number of aromatic nitrogens is 1. The summed E-state index contributed by atoms with van der Waals surface area (Å²) >= 11 is 0.628. The van der Waals surface area contributed by atoms with Gasteiger partial charge in [0.25, 0.3) is 0 Å². The van der Waals surface area contributed by atoms with Gasteiger partial charge in [-0.05, 0) is 96.3 Å². The molecule has 6 aromatic rings. The normalized spacial score (nSPS) is 24.5. The average molecular weight is 1900 g/mol. The number of primary amides is 2. The number of benzene rings is 5. The Labute approximate surface area is 780 Å². The molecule has 3 saturated heterocycles. The number of thioether (sulfide) groups is 1. The first-order valence-corrected chi connectivity index (χ1v) is 45.4. The Morgan fingerprint density at radius 3 is 1.60 bits per heavy atom. The number of carboxylic acid groups (broad SMARTS) is 1. The number of aliphatic hydroxyl groups is 2. The number of unbranched alkanes of at least 4 members (excludes halogenated alkanes) is 1. The number of phenolic OH excluding ortho intramolecular Hbond substituents is 1. The molecule has 3 aliphatic rings. The van der Waals surface area contributed by atoms with Gasteiger partial charge in [-0.1, -0.05) is 125 Å². The zero-order valence-electron chi connectivity index (χ0n) is 75.5. The van der Waals surface area contributed by atoms with Crippen LogP contribution < -0.4 is 65.1 Å². The number of carboxylic acids is 1. The quantitative estimate of drug-likeness (QED) is 0.0298. The van der Waals surface area contributed by atoms with Crippen molar-refractivity contribution in [2.24, 2.45) is 23.1 Å². The summed E-state index contributed by atoms with van der Waals surface area (Å²) in [5.41, 5.74) is 18.8. The third kappa shape index (κ3) is 29.2. The van der Waals surface area contributed by atoms with E-state index in [4.69, 9.17) is 17.2 Å². The predicted octanol–water partition coefficient (Wildman–Crippen LogP) is -1.24. The molecule has 728 valence electrons. The van der Waals surface area contributed by atoms with Crippen LogP contribution in [-0.4, -0.2) is 300 Å². The molecule has 0 aliphatic carbocycles. The van der Waals surface area contributed by atoms with Gasteiger partial charge in [0, 0.05) is 108 Å². The van der Waals surface area contributed by atoms with Crippen LogP contribution in [0.5, 0.6) is 5.75 Å². The van der Waals surface area contributed by atoms with Crippen molar-refractivity contribution in [2.45, 2.75) is 208 Å². The highest BCUT2D eigenvalue weighted by Gasteiger charge is 2.48. The summed E-state index contributed by atoms with van der Waals surface area (Å²) < 4.78 is 45.1. The summed E-state index contributed by atoms with van der Waals surface area (Å²) in [4.78, 5) is 258. The molecule has 5 aromatic carbocycles. The first-order valence-electron chi connectivity index (χ1n) is 44.2. The molecule has 1 aromatic heterocycles. The fraction of sp³-hybridized carbons (Fsp3) is 0.467. The van der Waals surface area contributed by atoms with Gasteiger partial charge in [0.1, 0.15) is 84.3 Å². The summed E-state index contributed by atoms with van der Waals surface area (Å²) in [6, 6.07) is 6.87. The van der Waals surface area contributed by atoms with Crippen LogP contribution in [0.2, 0.25) is 0 Å². The van der Waals surface area contributed by atoms with Crippen LogP contribution in [0.1, 0.15) is 113 Å². The summed E-state index contributed by atoms with van der Waals surface area (Å²) in [7, 11) is 3.56. The maximum absolute atomic E-state index is 15.7. The number of phenols is 1. The summed E-state index contributed by atoms with van der Waals surface area (Å²) in [5, 5.41) is 67.1. The molecule has 39 nitrogen and oxygen atoms in total. The van der Waals surface area contributed by atoms with Gasteiger partial charge in [-0.3, -0.25) is 81.5 Å². The minimum Gasteiger partial charge on any atom is -0.508 e. The van der Waals surface area contributed by atoms with Crippen molar-refractivity contribution >= 4 is 123 Å². The molecule has 3 aliphatic heterocycles. The number of aliphatic hydroxyl groups excluding tert-OH is 2. The number of carbonyl (C=O) groups excluding carboxylic acids is 16. The van der Waals surface area contributed by atoms with Crippen molar-refractivity contribution in [2.75, 3.05) is 58.8 Å². The number of amides is 16. The lowest BCUT2D eigenvalue weighted by atomic mass is 9.98. The van der Waals surface area contributed by atoms with E-state index in [1.165, 1.54) is 52.2 Å². The van der Waals surface area contributed by atoms with E-state index in [1.807, 2.05) is 0 Å². The van der Waals surface area contributed by atoms with E-state index < -0.39 is 296 Å². The number of H-pyrrole nitrogens is 1. The zero-order valence-corrected chi connectivity index (χ0v) is 76.3. The van der Waals surface area contributed by atoms with E-state index in [9.17, 15) is 63.2 Å². The molecule has 15 atom stereocenters. The fourth-order valence-electron chi connectivity index (χ4n) is 16.4. The van der Waals surface area contributed by atoms with Crippen LogP contribution in [-0.2, 0) is 114 Å². The Morgan fingerprint density at radius 2 is 1.02 bits per heavy atom. The van der Waals surface area contributed by atoms with Crippen LogP contribution in [0, 0.1) is 23.4 Å². The van der Waals surface area contributed by atoms with E-state index in [1.54, 1.807) is 98.0 Å². The SMILES string of the molecule is CCCC[C@H]1C(=O)N2C[C@H](O)C[C@@H]2C(=O)N[C@@H](CC(=O)O)C(=O)N[C@@H](C(C)C)C(=O)N(C)[C@@H](Cc2ccccc2)C(=O)N[C@@H](CCC(N)=O)C(=O)N2C[C@H](O)C[C@H]2C(=O)N[C@@H](Cc2c[nH]c3ccccc23)C(=O)N[C@@H](Cc2ccc(O)cc2)C(=O)N[C@@H](CCCN)C(=O)N[C@H](C(=O)NCC(N)=O)CSCC(=O)N[C@@H](Cc2cc(F)c(F)c(F)c2)C(=O)N(C)[C@@H](Cc2ccccc2)C(=O)N1C. The van der Waals surface area contributed by atoms with Gasteiger partial charge >= 0.3 is 5.97 Å². The highest BCUT2D eigenvalue weighted by Crippen LogP contribution is 2.29. The topological polar surface area (TPSA) is 589 Å². The number of halogens is 3. The molecule has 20 N–H and O–H groups in total. The monoisotopic (exact) mass is 1900 g/mol. The van der Waals surface area contributed by atoms with Gasteiger partial charge in [-0.2, -0.15) is 0 Å². The van der Waals surface area contributed by atoms with Gasteiger partial charge < -0.3 is 115 Å². The van der Waals surface area contributed by atoms with Crippen molar-refractivity contribution < 1.29 is 115 Å². The number of rotatable bonds is 25. The minimum absolute atomic E-state index is 0.00319. The third-order valence-electron chi connectivity index (χ3n) is 23.7. The van der Waals surface area contributed by atoms with E-state index in [0.29, 0.717) is 63.5 Å². The number of nitrogens with two attached hydrogens (primary N) is 3. The molecule has 0 bridgehead atoms. The Morgan fingerprint density at radius 1 is 0.511 bits per heavy atom. The Balaban J connectivity index is 1.14. The Hall–Kier alpha value is -13.6.